The largest absolute Gasteiger partial charge is 0.199 e. The third-order valence-corrected chi connectivity index (χ3v) is 1.12. The van der Waals surface area contributed by atoms with Crippen LogP contribution in [0.4, 0.5) is 0 Å². The predicted octanol–water partition coefficient (Wildman–Crippen LogP) is 2.52. The molecule has 0 radical (unpaired) electrons. The fourth-order valence-corrected chi connectivity index (χ4v) is 0.750. The molecule has 0 saturated carbocycles. The van der Waals surface area contributed by atoms with Gasteiger partial charge in [0.1, 0.15) is 0 Å². The maximum Gasteiger partial charge on any atom is 0 e. The van der Waals surface area contributed by atoms with Crippen LogP contribution in [0.5, 0.6) is 0 Å². The standard InChI is InChI=1S/C7H6Cl.Fe/c1-6-3-2-4-7(8)5-6;/h2-5H,1H2;/q-1;. The second-order valence-corrected chi connectivity index (χ2v) is 2.07. The van der Waals surface area contributed by atoms with E-state index in [0.717, 1.165) is 10.6 Å². The van der Waals surface area contributed by atoms with E-state index in [1.807, 2.05) is 24.3 Å². The van der Waals surface area contributed by atoms with E-state index >= 15 is 0 Å². The van der Waals surface area contributed by atoms with Gasteiger partial charge >= 0.3 is 0 Å². The van der Waals surface area contributed by atoms with Crippen molar-refractivity contribution < 1.29 is 17.1 Å². The molecule has 1 aromatic rings. The minimum Gasteiger partial charge on any atom is -0.199 e. The van der Waals surface area contributed by atoms with Crippen LogP contribution in [0.25, 0.3) is 0 Å². The second-order valence-electron chi connectivity index (χ2n) is 1.63. The van der Waals surface area contributed by atoms with E-state index in [0.29, 0.717) is 0 Å². The first-order valence-electron chi connectivity index (χ1n) is 2.36. The summed E-state index contributed by atoms with van der Waals surface area (Å²) in [7, 11) is 0. The summed E-state index contributed by atoms with van der Waals surface area (Å²) < 4.78 is 0. The van der Waals surface area contributed by atoms with Crippen molar-refractivity contribution in [2.45, 2.75) is 0 Å². The molecule has 0 unspecified atom stereocenters. The quantitative estimate of drug-likeness (QED) is 0.426. The molecule has 2 heteroatoms. The molecule has 0 bridgehead atoms. The summed E-state index contributed by atoms with van der Waals surface area (Å²) in [5.74, 6) is 0. The zero-order valence-corrected chi connectivity index (χ0v) is 6.61. The molecular formula is C7H6ClFe-. The number of benzene rings is 1. The van der Waals surface area contributed by atoms with Crippen molar-refractivity contribution in [2.75, 3.05) is 0 Å². The van der Waals surface area contributed by atoms with E-state index in [-0.39, 0.29) is 17.1 Å². The molecule has 0 amide bonds. The van der Waals surface area contributed by atoms with Gasteiger partial charge in [-0.05, 0) is 5.02 Å². The fourth-order valence-electron chi connectivity index (χ4n) is 0.537. The summed E-state index contributed by atoms with van der Waals surface area (Å²) in [6, 6.07) is 7.44. The molecule has 0 aliphatic heterocycles. The average Bonchev–Trinajstić information content (AvgIpc) is 1.64. The van der Waals surface area contributed by atoms with Crippen LogP contribution in [0.2, 0.25) is 5.02 Å². The van der Waals surface area contributed by atoms with Gasteiger partial charge in [-0.15, -0.1) is 12.1 Å². The summed E-state index contributed by atoms with van der Waals surface area (Å²) in [6.45, 7) is 3.70. The second kappa shape index (κ2) is 3.84. The van der Waals surface area contributed by atoms with E-state index < -0.39 is 0 Å². The van der Waals surface area contributed by atoms with Gasteiger partial charge in [0.15, 0.2) is 0 Å². The van der Waals surface area contributed by atoms with Gasteiger partial charge in [-0.2, -0.15) is 18.6 Å². The van der Waals surface area contributed by atoms with Crippen molar-refractivity contribution in [2.24, 2.45) is 0 Å². The molecular weight excluding hydrogens is 175 g/mol. The smallest absolute Gasteiger partial charge is 0 e. The third-order valence-electron chi connectivity index (χ3n) is 0.889. The molecule has 0 N–H and O–H groups in total. The maximum atomic E-state index is 5.60. The Morgan fingerprint density at radius 1 is 1.33 bits per heavy atom. The van der Waals surface area contributed by atoms with E-state index in [9.17, 15) is 0 Å². The van der Waals surface area contributed by atoms with Crippen LogP contribution in [0.1, 0.15) is 5.56 Å². The Balaban J connectivity index is 0.000000640. The van der Waals surface area contributed by atoms with Crippen molar-refractivity contribution in [3.05, 3.63) is 41.8 Å². The first-order chi connectivity index (χ1) is 3.79. The molecule has 0 nitrogen and oxygen atoms in total. The van der Waals surface area contributed by atoms with Crippen molar-refractivity contribution in [1.29, 1.82) is 0 Å². The molecule has 0 aromatic heterocycles. The zero-order valence-electron chi connectivity index (χ0n) is 4.75. The van der Waals surface area contributed by atoms with Gasteiger partial charge in [0.05, 0.1) is 0 Å². The van der Waals surface area contributed by atoms with Crippen LogP contribution in [0.3, 0.4) is 0 Å². The van der Waals surface area contributed by atoms with E-state index in [4.69, 9.17) is 11.6 Å². The maximum absolute atomic E-state index is 5.60. The monoisotopic (exact) mass is 181 g/mol. The van der Waals surface area contributed by atoms with E-state index in [2.05, 4.69) is 6.92 Å². The third kappa shape index (κ3) is 2.81. The van der Waals surface area contributed by atoms with Crippen LogP contribution >= 0.6 is 11.6 Å². The topological polar surface area (TPSA) is 0 Å². The van der Waals surface area contributed by atoms with Crippen molar-refractivity contribution in [3.63, 3.8) is 0 Å². The molecule has 1 rings (SSSR count). The van der Waals surface area contributed by atoms with Gasteiger partial charge in [0.25, 0.3) is 0 Å². The molecule has 0 fully saturated rings. The molecule has 0 aliphatic rings. The van der Waals surface area contributed by atoms with Gasteiger partial charge in [-0.25, -0.2) is 0 Å². The Bertz CT molecular complexity index is 169. The van der Waals surface area contributed by atoms with Gasteiger partial charge in [0, 0.05) is 17.1 Å². The summed E-state index contributed by atoms with van der Waals surface area (Å²) in [5.41, 5.74) is 0.956. The number of hydrogen-bond donors (Lipinski definition) is 0. The number of rotatable bonds is 0. The van der Waals surface area contributed by atoms with E-state index in [1.54, 1.807) is 0 Å². The van der Waals surface area contributed by atoms with E-state index in [1.165, 1.54) is 0 Å². The molecule has 0 heterocycles. The Morgan fingerprint density at radius 3 is 2.33 bits per heavy atom. The SMILES string of the molecule is [CH2-]c1cccc(Cl)c1.[Fe]. The van der Waals surface area contributed by atoms with Gasteiger partial charge in [0.2, 0.25) is 0 Å². The average molecular weight is 181 g/mol. The molecule has 0 saturated heterocycles. The number of hydrogen-bond acceptors (Lipinski definition) is 0. The van der Waals surface area contributed by atoms with Crippen LogP contribution in [-0.4, -0.2) is 0 Å². The van der Waals surface area contributed by atoms with Crippen LogP contribution < -0.4 is 0 Å². The minimum atomic E-state index is 0. The first kappa shape index (κ1) is 8.90. The van der Waals surface area contributed by atoms with Crippen molar-refractivity contribution >= 4 is 11.6 Å². The molecule has 50 valence electrons. The molecule has 0 spiro atoms. The van der Waals surface area contributed by atoms with Crippen LogP contribution in [-0.2, 0) is 17.1 Å². The summed E-state index contributed by atoms with van der Waals surface area (Å²) in [6.07, 6.45) is 0. The molecule has 9 heavy (non-hydrogen) atoms. The summed E-state index contributed by atoms with van der Waals surface area (Å²) in [5, 5.41) is 0.748. The summed E-state index contributed by atoms with van der Waals surface area (Å²) in [4.78, 5) is 0. The molecule has 0 aliphatic carbocycles. The molecule has 1 aromatic carbocycles. The van der Waals surface area contributed by atoms with Gasteiger partial charge in [-0.1, -0.05) is 17.7 Å². The Hall–Kier alpha value is -0.101. The first-order valence-corrected chi connectivity index (χ1v) is 2.74. The van der Waals surface area contributed by atoms with Crippen LogP contribution in [0.15, 0.2) is 24.3 Å². The Kier molecular flexibility index (Phi) is 3.79. The Morgan fingerprint density at radius 2 is 2.00 bits per heavy atom. The minimum absolute atomic E-state index is 0. The summed E-state index contributed by atoms with van der Waals surface area (Å²) >= 11 is 5.60. The van der Waals surface area contributed by atoms with Crippen molar-refractivity contribution in [3.8, 4) is 0 Å². The molecule has 0 atom stereocenters. The predicted molar refractivity (Wildman–Crippen MR) is 35.9 cm³/mol. The zero-order chi connectivity index (χ0) is 5.98. The van der Waals surface area contributed by atoms with Crippen LogP contribution in [0, 0.1) is 6.92 Å². The number of halogens is 1. The van der Waals surface area contributed by atoms with Gasteiger partial charge < -0.3 is 0 Å². The fraction of sp³-hybridized carbons (Fsp3) is 0. The Labute approximate surface area is 70.7 Å². The van der Waals surface area contributed by atoms with Crippen molar-refractivity contribution in [1.82, 2.24) is 0 Å². The normalized spacial score (nSPS) is 8.11. The van der Waals surface area contributed by atoms with Gasteiger partial charge in [-0.3, -0.25) is 0 Å².